The van der Waals surface area contributed by atoms with E-state index in [1.807, 2.05) is 6.07 Å². The summed E-state index contributed by atoms with van der Waals surface area (Å²) in [7, 11) is 0. The molecule has 5 unspecified atom stereocenters. The van der Waals surface area contributed by atoms with E-state index >= 15 is 0 Å². The lowest BCUT2D eigenvalue weighted by molar-refractivity contribution is -0.140. The number of nitrogens with one attached hydrogen (secondary N) is 5. The van der Waals surface area contributed by atoms with Crippen molar-refractivity contribution in [1.82, 2.24) is 26.3 Å². The number of aliphatic hydroxyl groups is 3. The van der Waals surface area contributed by atoms with Gasteiger partial charge in [0.25, 0.3) is 0 Å². The van der Waals surface area contributed by atoms with Gasteiger partial charge >= 0.3 is 12.1 Å². The molecule has 0 spiro atoms. The number of rotatable bonds is 19. The minimum Gasteiger partial charge on any atom is -0.481 e. The number of hydrogen-bond donors (Lipinski definition) is 9. The van der Waals surface area contributed by atoms with Gasteiger partial charge in [0.2, 0.25) is 23.6 Å². The smallest absolute Gasteiger partial charge is 0.408 e. The molecule has 0 aliphatic carbocycles. The van der Waals surface area contributed by atoms with E-state index in [0.29, 0.717) is 15.8 Å². The summed E-state index contributed by atoms with van der Waals surface area (Å²) < 4.78 is 5.79. The van der Waals surface area contributed by atoms with E-state index in [0.717, 1.165) is 18.3 Å². The van der Waals surface area contributed by atoms with Gasteiger partial charge in [0.15, 0.2) is 11.3 Å². The maximum absolute atomic E-state index is 13.5. The maximum atomic E-state index is 13.5. The summed E-state index contributed by atoms with van der Waals surface area (Å²) >= 11 is 1.07. The second kappa shape index (κ2) is 20.5. The Kier molecular flexibility index (Phi) is 16.2. The summed E-state index contributed by atoms with van der Waals surface area (Å²) in [4.78, 5) is 81.8. The predicted molar refractivity (Wildman–Crippen MR) is 193 cm³/mol. The first-order valence-electron chi connectivity index (χ1n) is 16.8. The van der Waals surface area contributed by atoms with Crippen LogP contribution in [-0.2, 0) is 35.3 Å². The zero-order valence-electron chi connectivity index (χ0n) is 29.6. The zero-order valence-corrected chi connectivity index (χ0v) is 30.5. The van der Waals surface area contributed by atoms with Crippen molar-refractivity contribution in [2.75, 3.05) is 5.32 Å². The molecule has 0 fully saturated rings. The maximum Gasteiger partial charge on any atom is 0.408 e. The van der Waals surface area contributed by atoms with E-state index < -0.39 is 85.1 Å². The fourth-order valence-electron chi connectivity index (χ4n) is 5.05. The summed E-state index contributed by atoms with van der Waals surface area (Å²) in [5.41, 5.74) is 1.41. The average Bonchev–Trinajstić information content (AvgIpc) is 3.53. The summed E-state index contributed by atoms with van der Waals surface area (Å²) in [6.45, 7) is 4.65. The Morgan fingerprint density at radius 1 is 0.833 bits per heavy atom. The Balaban J connectivity index is 1.73. The molecule has 3 aromatic rings. The van der Waals surface area contributed by atoms with Crippen LogP contribution >= 0.6 is 11.3 Å². The second-order valence-corrected chi connectivity index (χ2v) is 13.7. The van der Waals surface area contributed by atoms with Crippen molar-refractivity contribution in [2.24, 2.45) is 5.92 Å². The van der Waals surface area contributed by atoms with Crippen LogP contribution in [0, 0.1) is 17.2 Å². The molecule has 2 aromatic carbocycles. The molecule has 1 aromatic heterocycles. The molecule has 54 heavy (non-hydrogen) atoms. The molecule has 0 bridgehead atoms. The van der Waals surface area contributed by atoms with Crippen LogP contribution in [-0.4, -0.2) is 97.7 Å². The number of aliphatic carboxylic acids is 1. The van der Waals surface area contributed by atoms with Crippen LogP contribution in [0.4, 0.5) is 10.5 Å². The molecule has 18 nitrogen and oxygen atoms in total. The van der Waals surface area contributed by atoms with E-state index in [9.17, 15) is 49.2 Å². The van der Waals surface area contributed by atoms with Gasteiger partial charge in [-0.1, -0.05) is 44.2 Å². The minimum atomic E-state index is -1.88. The highest BCUT2D eigenvalue weighted by Crippen LogP contribution is 2.25. The molecule has 3 rings (SSSR count). The van der Waals surface area contributed by atoms with Gasteiger partial charge in [-0.2, -0.15) is 5.26 Å². The predicted octanol–water partition coefficient (Wildman–Crippen LogP) is 0.848. The van der Waals surface area contributed by atoms with Crippen molar-refractivity contribution >= 4 is 62.9 Å². The Labute approximate surface area is 313 Å². The number of carboxylic acids is 1. The molecule has 1 heterocycles. The van der Waals surface area contributed by atoms with Crippen LogP contribution in [0.15, 0.2) is 48.5 Å². The molecule has 0 saturated carbocycles. The number of carbonyl (C=O) groups excluding carboxylic acids is 5. The first-order chi connectivity index (χ1) is 25.6. The fourth-order valence-corrected chi connectivity index (χ4v) is 5.85. The number of carboxylic acid groups (broad SMARTS) is 1. The number of benzene rings is 2. The van der Waals surface area contributed by atoms with Crippen LogP contribution in [0.2, 0.25) is 0 Å². The highest BCUT2D eigenvalue weighted by Gasteiger charge is 2.34. The van der Waals surface area contributed by atoms with Gasteiger partial charge in [0.1, 0.15) is 36.8 Å². The van der Waals surface area contributed by atoms with Crippen molar-refractivity contribution in [1.29, 1.82) is 5.26 Å². The lowest BCUT2D eigenvalue weighted by Gasteiger charge is -2.28. The molecule has 0 aliphatic rings. The van der Waals surface area contributed by atoms with Gasteiger partial charge in [-0.15, -0.1) is 11.3 Å². The highest BCUT2D eigenvalue weighted by molar-refractivity contribution is 7.19. The second-order valence-electron chi connectivity index (χ2n) is 12.7. The van der Waals surface area contributed by atoms with Crippen molar-refractivity contribution < 1.29 is 53.9 Å². The summed E-state index contributed by atoms with van der Waals surface area (Å²) in [6.07, 6.45) is -5.93. The van der Waals surface area contributed by atoms with Crippen molar-refractivity contribution in [3.8, 4) is 6.07 Å². The SMILES string of the molecule is CC(C)CC(NC(=O)OCc1ccccc1)C(=O)NC(CCC(O)O)C(=O)NC(C(=O)NC(CC(=O)O)C(=O)Nc1ccc2nc(C#N)sc2c1)C(C)O. The van der Waals surface area contributed by atoms with Gasteiger partial charge in [-0.05, 0) is 49.4 Å². The molecular weight excluding hydrogens is 726 g/mol. The zero-order chi connectivity index (χ0) is 39.9. The lowest BCUT2D eigenvalue weighted by atomic mass is 10.0. The van der Waals surface area contributed by atoms with Gasteiger partial charge in [0, 0.05) is 12.1 Å². The number of aromatic nitrogens is 1. The fraction of sp³-hybridized carbons (Fsp3) is 0.429. The molecule has 19 heteroatoms. The molecule has 5 atom stereocenters. The molecule has 0 saturated heterocycles. The van der Waals surface area contributed by atoms with E-state index in [-0.39, 0.29) is 36.1 Å². The van der Waals surface area contributed by atoms with Crippen LogP contribution in [0.1, 0.15) is 57.0 Å². The Bertz CT molecular complexity index is 1830. The van der Waals surface area contributed by atoms with Crippen LogP contribution < -0.4 is 26.6 Å². The van der Waals surface area contributed by atoms with Gasteiger partial charge in [-0.25, -0.2) is 9.78 Å². The number of aliphatic hydroxyl groups excluding tert-OH is 2. The van der Waals surface area contributed by atoms with Crippen molar-refractivity contribution in [3.05, 3.63) is 59.1 Å². The lowest BCUT2D eigenvalue weighted by Crippen LogP contribution is -2.60. The molecule has 0 radical (unpaired) electrons. The van der Waals surface area contributed by atoms with Gasteiger partial charge in [-0.3, -0.25) is 24.0 Å². The monoisotopic (exact) mass is 769 g/mol. The Morgan fingerprint density at radius 3 is 2.11 bits per heavy atom. The van der Waals surface area contributed by atoms with Gasteiger partial charge < -0.3 is 51.7 Å². The average molecular weight is 770 g/mol. The van der Waals surface area contributed by atoms with Gasteiger partial charge in [0.05, 0.1) is 22.7 Å². The third kappa shape index (κ3) is 13.7. The van der Waals surface area contributed by atoms with E-state index in [1.165, 1.54) is 18.2 Å². The number of alkyl carbamates (subject to hydrolysis) is 1. The number of nitrogens with zero attached hydrogens (tertiary/aromatic N) is 2. The third-order valence-corrected chi connectivity index (χ3v) is 8.62. The van der Waals surface area contributed by atoms with Crippen LogP contribution in [0.25, 0.3) is 10.2 Å². The number of amides is 5. The molecule has 0 aliphatic heterocycles. The van der Waals surface area contributed by atoms with E-state index in [4.69, 9.17) is 10.00 Å². The topological polar surface area (TPSA) is 289 Å². The number of thiazole rings is 1. The van der Waals surface area contributed by atoms with E-state index in [1.54, 1.807) is 44.2 Å². The third-order valence-electron chi connectivity index (χ3n) is 7.70. The normalized spacial score (nSPS) is 13.8. The number of ether oxygens (including phenoxy) is 1. The molecule has 5 amide bonds. The van der Waals surface area contributed by atoms with Crippen molar-refractivity contribution in [3.63, 3.8) is 0 Å². The Morgan fingerprint density at radius 2 is 1.50 bits per heavy atom. The molecular formula is C35H43N7O11S. The number of carbonyl (C=O) groups is 6. The number of hydrogen-bond acceptors (Lipinski definition) is 13. The van der Waals surface area contributed by atoms with Crippen LogP contribution in [0.5, 0.6) is 0 Å². The highest BCUT2D eigenvalue weighted by atomic mass is 32.1. The standard InChI is InChI=1S/C35H43N7O11S/c1-18(2)13-24(41-35(52)53-17-20-7-5-4-6-8-20)33(50)39-23(11-12-28(44)45)31(48)42-30(19(3)43)34(51)40-25(15-29(46)47)32(49)37-21-9-10-22-26(14-21)54-27(16-36)38-22/h4-10,14,18-19,23-25,28,30,43-45H,11-13,15,17H2,1-3H3,(H,37,49)(H,39,50)(H,40,51)(H,41,52)(H,42,48)(H,46,47). The number of fused-ring (bicyclic) bond motifs is 1. The van der Waals surface area contributed by atoms with Crippen molar-refractivity contribution in [2.45, 2.75) is 89.6 Å². The largest absolute Gasteiger partial charge is 0.481 e. The number of nitriles is 1. The molecule has 9 N–H and O–H groups in total. The first-order valence-corrected chi connectivity index (χ1v) is 17.6. The molecule has 290 valence electrons. The van der Waals surface area contributed by atoms with Crippen LogP contribution in [0.3, 0.4) is 0 Å². The van der Waals surface area contributed by atoms with E-state index in [2.05, 4.69) is 31.6 Å². The summed E-state index contributed by atoms with van der Waals surface area (Å²) in [5.74, 6) is -5.54. The first kappa shape index (κ1) is 42.7. The number of anilines is 1. The minimum absolute atomic E-state index is 0.0768. The Hall–Kier alpha value is -5.68. The summed E-state index contributed by atoms with van der Waals surface area (Å²) in [6, 6.07) is 9.04. The summed E-state index contributed by atoms with van der Waals surface area (Å²) in [5, 5.41) is 60.2. The quantitative estimate of drug-likeness (QED) is 0.0766.